The first-order chi connectivity index (χ1) is 7.29. The second-order valence-corrected chi connectivity index (χ2v) is 4.18. The average Bonchev–Trinajstić information content (AvgIpc) is 2.73. The molecule has 0 spiro atoms. The van der Waals surface area contributed by atoms with Crippen LogP contribution in [0.4, 0.5) is 0 Å². The number of aryl methyl sites for hydroxylation is 1. The van der Waals surface area contributed by atoms with E-state index >= 15 is 0 Å². The summed E-state index contributed by atoms with van der Waals surface area (Å²) >= 11 is 0. The highest BCUT2D eigenvalue weighted by atomic mass is 16.5. The maximum absolute atomic E-state index is 5.93. The van der Waals surface area contributed by atoms with E-state index in [1.807, 2.05) is 12.1 Å². The summed E-state index contributed by atoms with van der Waals surface area (Å²) in [5.74, 6) is 1.73. The van der Waals surface area contributed by atoms with Gasteiger partial charge in [0.2, 0.25) is 0 Å². The Morgan fingerprint density at radius 2 is 1.87 bits per heavy atom. The Morgan fingerprint density at radius 3 is 2.53 bits per heavy atom. The minimum atomic E-state index is 0.390. The summed E-state index contributed by atoms with van der Waals surface area (Å²) in [6.07, 6.45) is 5.33. The van der Waals surface area contributed by atoms with E-state index in [9.17, 15) is 0 Å². The fourth-order valence-corrected chi connectivity index (χ4v) is 2.06. The SMILES string of the molecule is COc1cc(C)ccc1OC1CCCC1. The van der Waals surface area contributed by atoms with E-state index in [1.165, 1.54) is 31.2 Å². The molecule has 0 saturated heterocycles. The molecule has 1 aliphatic rings. The maximum atomic E-state index is 5.93. The van der Waals surface area contributed by atoms with Crippen LogP contribution < -0.4 is 9.47 Å². The molecular weight excluding hydrogens is 188 g/mol. The van der Waals surface area contributed by atoms with Gasteiger partial charge in [0.1, 0.15) is 0 Å². The molecule has 1 aliphatic carbocycles. The van der Waals surface area contributed by atoms with Crippen molar-refractivity contribution in [1.82, 2.24) is 0 Å². The van der Waals surface area contributed by atoms with Gasteiger partial charge in [-0.15, -0.1) is 0 Å². The largest absolute Gasteiger partial charge is 0.493 e. The standard InChI is InChI=1S/C13H18O2/c1-10-7-8-12(13(9-10)14-2)15-11-5-3-4-6-11/h7-9,11H,3-6H2,1-2H3. The summed E-state index contributed by atoms with van der Waals surface area (Å²) < 4.78 is 11.2. The van der Waals surface area contributed by atoms with Crippen LogP contribution in [-0.4, -0.2) is 13.2 Å². The molecule has 15 heavy (non-hydrogen) atoms. The summed E-state index contributed by atoms with van der Waals surface area (Å²) in [6.45, 7) is 2.06. The Labute approximate surface area is 91.2 Å². The first-order valence-corrected chi connectivity index (χ1v) is 5.61. The number of rotatable bonds is 3. The van der Waals surface area contributed by atoms with E-state index in [2.05, 4.69) is 13.0 Å². The van der Waals surface area contributed by atoms with Gasteiger partial charge in [-0.1, -0.05) is 6.07 Å². The van der Waals surface area contributed by atoms with Gasteiger partial charge in [0.15, 0.2) is 11.5 Å². The van der Waals surface area contributed by atoms with Crippen LogP contribution >= 0.6 is 0 Å². The van der Waals surface area contributed by atoms with Crippen molar-refractivity contribution >= 4 is 0 Å². The van der Waals surface area contributed by atoms with Gasteiger partial charge in [-0.2, -0.15) is 0 Å². The van der Waals surface area contributed by atoms with Gasteiger partial charge in [0.05, 0.1) is 13.2 Å². The molecule has 0 N–H and O–H groups in total. The van der Waals surface area contributed by atoms with Crippen LogP contribution in [0.15, 0.2) is 18.2 Å². The summed E-state index contributed by atoms with van der Waals surface area (Å²) in [7, 11) is 1.69. The third-order valence-corrected chi connectivity index (χ3v) is 2.91. The van der Waals surface area contributed by atoms with Crippen LogP contribution in [0.2, 0.25) is 0 Å². The molecule has 0 bridgehead atoms. The Balaban J connectivity index is 2.12. The first-order valence-electron chi connectivity index (χ1n) is 5.61. The predicted molar refractivity (Wildman–Crippen MR) is 60.6 cm³/mol. The van der Waals surface area contributed by atoms with Gasteiger partial charge in [0, 0.05) is 0 Å². The molecule has 0 atom stereocenters. The van der Waals surface area contributed by atoms with E-state index in [-0.39, 0.29) is 0 Å². The molecule has 2 nitrogen and oxygen atoms in total. The predicted octanol–water partition coefficient (Wildman–Crippen LogP) is 3.33. The van der Waals surface area contributed by atoms with E-state index < -0.39 is 0 Å². The molecule has 0 aliphatic heterocycles. The number of hydrogen-bond donors (Lipinski definition) is 0. The second-order valence-electron chi connectivity index (χ2n) is 4.18. The lowest BCUT2D eigenvalue weighted by Crippen LogP contribution is -2.11. The lowest BCUT2D eigenvalue weighted by molar-refractivity contribution is 0.200. The molecule has 2 heteroatoms. The van der Waals surface area contributed by atoms with Crippen molar-refractivity contribution in [3.8, 4) is 11.5 Å². The molecule has 1 saturated carbocycles. The summed E-state index contributed by atoms with van der Waals surface area (Å²) in [4.78, 5) is 0. The van der Waals surface area contributed by atoms with E-state index in [4.69, 9.17) is 9.47 Å². The zero-order chi connectivity index (χ0) is 10.7. The third kappa shape index (κ3) is 2.44. The van der Waals surface area contributed by atoms with Gasteiger partial charge >= 0.3 is 0 Å². The van der Waals surface area contributed by atoms with Crippen LogP contribution in [-0.2, 0) is 0 Å². The van der Waals surface area contributed by atoms with Crippen molar-refractivity contribution in [2.75, 3.05) is 7.11 Å². The molecule has 1 fully saturated rings. The van der Waals surface area contributed by atoms with E-state index in [0.717, 1.165) is 11.5 Å². The van der Waals surface area contributed by atoms with E-state index in [0.29, 0.717) is 6.10 Å². The lowest BCUT2D eigenvalue weighted by Gasteiger charge is -2.16. The number of methoxy groups -OCH3 is 1. The zero-order valence-electron chi connectivity index (χ0n) is 9.45. The number of hydrogen-bond acceptors (Lipinski definition) is 2. The first kappa shape index (κ1) is 10.3. The monoisotopic (exact) mass is 206 g/mol. The number of benzene rings is 1. The normalized spacial score (nSPS) is 16.7. The Kier molecular flexibility index (Phi) is 3.14. The maximum Gasteiger partial charge on any atom is 0.161 e. The van der Waals surface area contributed by atoms with Gasteiger partial charge in [-0.25, -0.2) is 0 Å². The molecule has 0 aromatic heterocycles. The summed E-state index contributed by atoms with van der Waals surface area (Å²) in [5.41, 5.74) is 1.20. The van der Waals surface area contributed by atoms with Crippen molar-refractivity contribution in [3.05, 3.63) is 23.8 Å². The highest BCUT2D eigenvalue weighted by Crippen LogP contribution is 2.31. The van der Waals surface area contributed by atoms with Crippen LogP contribution in [0, 0.1) is 6.92 Å². The molecule has 1 aromatic carbocycles. The van der Waals surface area contributed by atoms with Gasteiger partial charge < -0.3 is 9.47 Å². The van der Waals surface area contributed by atoms with Crippen molar-refractivity contribution < 1.29 is 9.47 Å². The van der Waals surface area contributed by atoms with Crippen molar-refractivity contribution in [2.24, 2.45) is 0 Å². The van der Waals surface area contributed by atoms with Crippen LogP contribution in [0.1, 0.15) is 31.2 Å². The average molecular weight is 206 g/mol. The molecular formula is C13H18O2. The molecule has 1 aromatic rings. The van der Waals surface area contributed by atoms with Crippen molar-refractivity contribution in [1.29, 1.82) is 0 Å². The van der Waals surface area contributed by atoms with Gasteiger partial charge in [-0.3, -0.25) is 0 Å². The Hall–Kier alpha value is -1.18. The van der Waals surface area contributed by atoms with E-state index in [1.54, 1.807) is 7.11 Å². The number of ether oxygens (including phenoxy) is 2. The highest BCUT2D eigenvalue weighted by Gasteiger charge is 2.18. The fourth-order valence-electron chi connectivity index (χ4n) is 2.06. The van der Waals surface area contributed by atoms with Gasteiger partial charge in [0.25, 0.3) is 0 Å². The van der Waals surface area contributed by atoms with Gasteiger partial charge in [-0.05, 0) is 50.3 Å². The van der Waals surface area contributed by atoms with Crippen molar-refractivity contribution in [3.63, 3.8) is 0 Å². The topological polar surface area (TPSA) is 18.5 Å². The van der Waals surface area contributed by atoms with Crippen molar-refractivity contribution in [2.45, 2.75) is 38.7 Å². The van der Waals surface area contributed by atoms with Crippen LogP contribution in [0.25, 0.3) is 0 Å². The lowest BCUT2D eigenvalue weighted by atomic mass is 10.2. The zero-order valence-corrected chi connectivity index (χ0v) is 9.45. The minimum absolute atomic E-state index is 0.390. The molecule has 0 radical (unpaired) electrons. The molecule has 0 unspecified atom stereocenters. The summed E-state index contributed by atoms with van der Waals surface area (Å²) in [6, 6.07) is 6.09. The second kappa shape index (κ2) is 4.56. The van der Waals surface area contributed by atoms with Crippen LogP contribution in [0.5, 0.6) is 11.5 Å². The quantitative estimate of drug-likeness (QED) is 0.755. The molecule has 2 rings (SSSR count). The fraction of sp³-hybridized carbons (Fsp3) is 0.538. The smallest absolute Gasteiger partial charge is 0.161 e. The van der Waals surface area contributed by atoms with Crippen LogP contribution in [0.3, 0.4) is 0 Å². The molecule has 0 amide bonds. The minimum Gasteiger partial charge on any atom is -0.493 e. The third-order valence-electron chi connectivity index (χ3n) is 2.91. The highest BCUT2D eigenvalue weighted by molar-refractivity contribution is 5.42. The molecule has 82 valence electrons. The molecule has 0 heterocycles. The summed E-state index contributed by atoms with van der Waals surface area (Å²) in [5, 5.41) is 0. The Bertz CT molecular complexity index is 327. The Morgan fingerprint density at radius 1 is 1.13 bits per heavy atom.